The fourth-order valence-electron chi connectivity index (χ4n) is 3.48. The van der Waals surface area contributed by atoms with Crippen LogP contribution in [0.3, 0.4) is 0 Å². The lowest BCUT2D eigenvalue weighted by atomic mass is 10.1. The number of rotatable bonds is 6. The normalized spacial score (nSPS) is 15.3. The Bertz CT molecular complexity index is 1310. The van der Waals surface area contributed by atoms with Crippen molar-refractivity contribution < 1.29 is 17.9 Å². The molecule has 4 rings (SSSR count). The van der Waals surface area contributed by atoms with Crippen molar-refractivity contribution in [3.63, 3.8) is 0 Å². The fraction of sp³-hybridized carbons (Fsp3) is 0.381. The number of hydrogen-bond donors (Lipinski definition) is 1. The van der Waals surface area contributed by atoms with Crippen molar-refractivity contribution in [2.24, 2.45) is 0 Å². The van der Waals surface area contributed by atoms with Crippen molar-refractivity contribution in [1.82, 2.24) is 19.4 Å². The summed E-state index contributed by atoms with van der Waals surface area (Å²) in [5, 5.41) is 8.01. The van der Waals surface area contributed by atoms with E-state index in [1.165, 1.54) is 8.99 Å². The van der Waals surface area contributed by atoms with E-state index in [0.717, 1.165) is 11.3 Å². The molecule has 0 aliphatic carbocycles. The number of sulfonamides is 1. The van der Waals surface area contributed by atoms with E-state index in [1.54, 1.807) is 36.4 Å². The molecule has 3 heterocycles. The first-order valence-corrected chi connectivity index (χ1v) is 12.5. The van der Waals surface area contributed by atoms with Gasteiger partial charge in [0.05, 0.1) is 31.2 Å². The van der Waals surface area contributed by atoms with Gasteiger partial charge in [-0.25, -0.2) is 13.1 Å². The van der Waals surface area contributed by atoms with E-state index in [2.05, 4.69) is 10.4 Å². The SMILES string of the molecule is CC(C)n1nc(C(=O)NCc2ccc(S(=O)(=O)N3CCOCC3)s2)c2ccccc2c1=O. The number of ether oxygens (including phenoxy) is 1. The maximum atomic E-state index is 12.9. The van der Waals surface area contributed by atoms with Gasteiger partial charge in [-0.3, -0.25) is 9.59 Å². The quantitative estimate of drug-likeness (QED) is 0.583. The van der Waals surface area contributed by atoms with Gasteiger partial charge in [-0.05, 0) is 32.0 Å². The van der Waals surface area contributed by atoms with E-state index in [-0.39, 0.29) is 28.0 Å². The molecule has 0 spiro atoms. The number of aromatic nitrogens is 2. The first-order chi connectivity index (χ1) is 15.3. The number of hydrogen-bond acceptors (Lipinski definition) is 7. The first kappa shape index (κ1) is 22.6. The highest BCUT2D eigenvalue weighted by atomic mass is 32.2. The van der Waals surface area contributed by atoms with Gasteiger partial charge < -0.3 is 10.1 Å². The molecule has 0 unspecified atom stereocenters. The van der Waals surface area contributed by atoms with E-state index < -0.39 is 15.9 Å². The average Bonchev–Trinajstić information content (AvgIpc) is 3.28. The number of nitrogens with one attached hydrogen (secondary N) is 1. The second-order valence-corrected chi connectivity index (χ2v) is 11.0. The second kappa shape index (κ2) is 9.10. The number of nitrogens with zero attached hydrogens (tertiary/aromatic N) is 3. The van der Waals surface area contributed by atoms with E-state index >= 15 is 0 Å². The highest BCUT2D eigenvalue weighted by Crippen LogP contribution is 2.25. The molecule has 170 valence electrons. The van der Waals surface area contributed by atoms with Crippen LogP contribution in [-0.2, 0) is 21.3 Å². The Morgan fingerprint density at radius 1 is 1.16 bits per heavy atom. The average molecular weight is 477 g/mol. The predicted octanol–water partition coefficient (Wildman–Crippen LogP) is 1.99. The van der Waals surface area contributed by atoms with Crippen molar-refractivity contribution in [1.29, 1.82) is 0 Å². The van der Waals surface area contributed by atoms with Gasteiger partial charge in [-0.15, -0.1) is 11.3 Å². The Hall–Kier alpha value is -2.60. The standard InChI is InChI=1S/C21H24N4O5S2/c1-14(2)25-21(27)17-6-4-3-5-16(17)19(23-25)20(26)22-13-15-7-8-18(31-15)32(28,29)24-9-11-30-12-10-24/h3-8,14H,9-13H2,1-2H3,(H,22,26). The molecule has 1 N–H and O–H groups in total. The van der Waals surface area contributed by atoms with Gasteiger partial charge in [0.25, 0.3) is 21.5 Å². The third-order valence-electron chi connectivity index (χ3n) is 5.16. The number of carbonyl (C=O) groups excluding carboxylic acids is 1. The molecule has 0 atom stereocenters. The molecule has 1 aliphatic rings. The van der Waals surface area contributed by atoms with Crippen LogP contribution in [0.15, 0.2) is 45.4 Å². The molecule has 1 fully saturated rings. The van der Waals surface area contributed by atoms with Crippen molar-refractivity contribution in [2.45, 2.75) is 30.6 Å². The zero-order valence-corrected chi connectivity index (χ0v) is 19.4. The molecule has 3 aromatic rings. The van der Waals surface area contributed by atoms with Crippen LogP contribution in [0.4, 0.5) is 0 Å². The number of morpholine rings is 1. The van der Waals surface area contributed by atoms with Crippen LogP contribution in [0.5, 0.6) is 0 Å². The highest BCUT2D eigenvalue weighted by molar-refractivity contribution is 7.91. The number of thiophene rings is 1. The molecule has 32 heavy (non-hydrogen) atoms. The topological polar surface area (TPSA) is 111 Å². The fourth-order valence-corrected chi connectivity index (χ4v) is 6.34. The maximum Gasteiger partial charge on any atom is 0.274 e. The third kappa shape index (κ3) is 4.33. The smallest absolute Gasteiger partial charge is 0.274 e. The van der Waals surface area contributed by atoms with Crippen LogP contribution in [0, 0.1) is 0 Å². The summed E-state index contributed by atoms with van der Waals surface area (Å²) < 4.78 is 33.8. The summed E-state index contributed by atoms with van der Waals surface area (Å²) in [6.45, 7) is 5.23. The summed E-state index contributed by atoms with van der Waals surface area (Å²) in [6.07, 6.45) is 0. The Kier molecular flexibility index (Phi) is 6.42. The molecule has 1 aromatic carbocycles. The molecule has 0 saturated carbocycles. The van der Waals surface area contributed by atoms with Gasteiger partial charge >= 0.3 is 0 Å². The molecule has 1 aliphatic heterocycles. The minimum atomic E-state index is -3.57. The number of carbonyl (C=O) groups is 1. The van der Waals surface area contributed by atoms with E-state index in [0.29, 0.717) is 42.0 Å². The van der Waals surface area contributed by atoms with Crippen molar-refractivity contribution in [3.8, 4) is 0 Å². The minimum Gasteiger partial charge on any atom is -0.379 e. The number of amides is 1. The third-order valence-corrected chi connectivity index (χ3v) is 8.61. The molecule has 11 heteroatoms. The summed E-state index contributed by atoms with van der Waals surface area (Å²) in [7, 11) is -3.57. The van der Waals surface area contributed by atoms with Crippen LogP contribution in [0.25, 0.3) is 10.8 Å². The van der Waals surface area contributed by atoms with E-state index in [9.17, 15) is 18.0 Å². The molecule has 0 radical (unpaired) electrons. The van der Waals surface area contributed by atoms with Crippen LogP contribution < -0.4 is 10.9 Å². The number of benzene rings is 1. The van der Waals surface area contributed by atoms with Gasteiger partial charge in [-0.1, -0.05) is 18.2 Å². The lowest BCUT2D eigenvalue weighted by Gasteiger charge is -2.25. The summed E-state index contributed by atoms with van der Waals surface area (Å²) >= 11 is 1.12. The zero-order valence-electron chi connectivity index (χ0n) is 17.8. The molecule has 1 saturated heterocycles. The Morgan fingerprint density at radius 2 is 1.84 bits per heavy atom. The van der Waals surface area contributed by atoms with Crippen LogP contribution >= 0.6 is 11.3 Å². The number of fused-ring (bicyclic) bond motifs is 1. The summed E-state index contributed by atoms with van der Waals surface area (Å²) in [5.41, 5.74) is -0.0880. The molecule has 2 aromatic heterocycles. The maximum absolute atomic E-state index is 12.9. The van der Waals surface area contributed by atoms with Gasteiger partial charge in [0, 0.05) is 23.4 Å². The van der Waals surface area contributed by atoms with Crippen molar-refractivity contribution in [3.05, 3.63) is 57.3 Å². The van der Waals surface area contributed by atoms with Gasteiger partial charge in [0.2, 0.25) is 0 Å². The first-order valence-electron chi connectivity index (χ1n) is 10.3. The lowest BCUT2D eigenvalue weighted by molar-refractivity contribution is 0.0731. The zero-order chi connectivity index (χ0) is 22.9. The lowest BCUT2D eigenvalue weighted by Crippen LogP contribution is -2.40. The van der Waals surface area contributed by atoms with Gasteiger partial charge in [-0.2, -0.15) is 9.40 Å². The predicted molar refractivity (Wildman–Crippen MR) is 121 cm³/mol. The summed E-state index contributed by atoms with van der Waals surface area (Å²) in [6, 6.07) is 9.92. The molecule has 9 nitrogen and oxygen atoms in total. The van der Waals surface area contributed by atoms with Crippen LogP contribution in [-0.4, -0.2) is 54.7 Å². The summed E-state index contributed by atoms with van der Waals surface area (Å²) in [5.74, 6) is -0.429. The molecular weight excluding hydrogens is 452 g/mol. The Balaban J connectivity index is 1.55. The molecule has 1 amide bonds. The van der Waals surface area contributed by atoms with Crippen LogP contribution in [0.1, 0.15) is 35.3 Å². The summed E-state index contributed by atoms with van der Waals surface area (Å²) in [4.78, 5) is 26.3. The molecular formula is C21H24N4O5S2. The minimum absolute atomic E-state index is 0.152. The van der Waals surface area contributed by atoms with Crippen molar-refractivity contribution in [2.75, 3.05) is 26.3 Å². The van der Waals surface area contributed by atoms with E-state index in [4.69, 9.17) is 4.74 Å². The van der Waals surface area contributed by atoms with Gasteiger partial charge in [0.15, 0.2) is 5.69 Å². The van der Waals surface area contributed by atoms with Crippen LogP contribution in [0.2, 0.25) is 0 Å². The Morgan fingerprint density at radius 3 is 2.53 bits per heavy atom. The van der Waals surface area contributed by atoms with Gasteiger partial charge in [0.1, 0.15) is 4.21 Å². The monoisotopic (exact) mass is 476 g/mol. The Labute approximate surface area is 189 Å². The largest absolute Gasteiger partial charge is 0.379 e. The van der Waals surface area contributed by atoms with E-state index in [1.807, 2.05) is 13.8 Å². The van der Waals surface area contributed by atoms with Crippen molar-refractivity contribution >= 4 is 38.0 Å². The highest BCUT2D eigenvalue weighted by Gasteiger charge is 2.28. The molecule has 0 bridgehead atoms. The second-order valence-electron chi connectivity index (χ2n) is 7.66.